The molecule has 2 nitrogen and oxygen atoms in total. The van der Waals surface area contributed by atoms with E-state index in [1.165, 1.54) is 0 Å². The van der Waals surface area contributed by atoms with Crippen LogP contribution in [0.15, 0.2) is 30.3 Å². The van der Waals surface area contributed by atoms with Crippen LogP contribution in [0.5, 0.6) is 5.75 Å². The van der Waals surface area contributed by atoms with Crippen molar-refractivity contribution in [3.8, 4) is 5.75 Å². The van der Waals surface area contributed by atoms with E-state index in [-0.39, 0.29) is 11.9 Å². The molecule has 0 bridgehead atoms. The summed E-state index contributed by atoms with van der Waals surface area (Å²) in [6, 6.07) is 9.27. The highest BCUT2D eigenvalue weighted by molar-refractivity contribution is 5.75. The first kappa shape index (κ1) is 13.8. The fourth-order valence-electron chi connectivity index (χ4n) is 1.83. The van der Waals surface area contributed by atoms with E-state index in [0.29, 0.717) is 17.6 Å². The summed E-state index contributed by atoms with van der Waals surface area (Å²) in [4.78, 5) is 12.1. The maximum atomic E-state index is 12.1. The number of benzene rings is 1. The Morgan fingerprint density at radius 1 is 1.12 bits per heavy atom. The first-order chi connectivity index (χ1) is 8.00. The Morgan fingerprint density at radius 3 is 2.18 bits per heavy atom. The summed E-state index contributed by atoms with van der Waals surface area (Å²) < 4.78 is 5.40. The Balaban J connectivity index is 2.66. The Kier molecular flexibility index (Phi) is 5.20. The topological polar surface area (TPSA) is 26.3 Å². The molecular formula is C15H22O2. The van der Waals surface area contributed by atoms with Gasteiger partial charge in [0.2, 0.25) is 0 Å². The lowest BCUT2D eigenvalue weighted by molar-refractivity contribution is -0.141. The number of ether oxygens (including phenoxy) is 1. The van der Waals surface area contributed by atoms with Crippen LogP contribution in [0.1, 0.15) is 34.1 Å². The van der Waals surface area contributed by atoms with Gasteiger partial charge in [0.1, 0.15) is 5.75 Å². The van der Waals surface area contributed by atoms with E-state index >= 15 is 0 Å². The molecular weight excluding hydrogens is 212 g/mol. The Bertz CT molecular complexity index is 341. The third kappa shape index (κ3) is 4.59. The zero-order chi connectivity index (χ0) is 12.8. The summed E-state index contributed by atoms with van der Waals surface area (Å²) >= 11 is 0. The SMILES string of the molecule is CC(C)CC(C(=O)Oc1ccccc1)C(C)C. The molecule has 0 saturated carbocycles. The molecule has 0 saturated heterocycles. The monoisotopic (exact) mass is 234 g/mol. The summed E-state index contributed by atoms with van der Waals surface area (Å²) in [6.07, 6.45) is 0.878. The minimum atomic E-state index is -0.111. The van der Waals surface area contributed by atoms with E-state index in [0.717, 1.165) is 6.42 Å². The van der Waals surface area contributed by atoms with Crippen molar-refractivity contribution in [2.75, 3.05) is 0 Å². The molecule has 0 radical (unpaired) electrons. The van der Waals surface area contributed by atoms with Gasteiger partial charge >= 0.3 is 5.97 Å². The molecule has 1 atom stereocenters. The Morgan fingerprint density at radius 2 is 1.71 bits per heavy atom. The van der Waals surface area contributed by atoms with Crippen LogP contribution in [-0.2, 0) is 4.79 Å². The molecule has 0 aliphatic heterocycles. The molecule has 0 heterocycles. The molecule has 0 N–H and O–H groups in total. The van der Waals surface area contributed by atoms with E-state index in [1.54, 1.807) is 0 Å². The molecule has 0 aliphatic carbocycles. The van der Waals surface area contributed by atoms with Crippen LogP contribution in [0.4, 0.5) is 0 Å². The molecule has 0 aromatic heterocycles. The average Bonchev–Trinajstić information content (AvgIpc) is 2.26. The predicted molar refractivity (Wildman–Crippen MR) is 69.9 cm³/mol. The Labute approximate surface area is 104 Å². The second-order valence-electron chi connectivity index (χ2n) is 5.21. The van der Waals surface area contributed by atoms with Crippen molar-refractivity contribution < 1.29 is 9.53 Å². The minimum Gasteiger partial charge on any atom is -0.426 e. The van der Waals surface area contributed by atoms with Gasteiger partial charge in [-0.15, -0.1) is 0 Å². The highest BCUT2D eigenvalue weighted by Crippen LogP contribution is 2.23. The number of carbonyl (C=O) groups excluding carboxylic acids is 1. The van der Waals surface area contributed by atoms with Gasteiger partial charge in [0.25, 0.3) is 0 Å². The predicted octanol–water partition coefficient (Wildman–Crippen LogP) is 3.91. The first-order valence-electron chi connectivity index (χ1n) is 6.27. The highest BCUT2D eigenvalue weighted by Gasteiger charge is 2.25. The van der Waals surface area contributed by atoms with Gasteiger partial charge in [-0.2, -0.15) is 0 Å². The molecule has 0 fully saturated rings. The standard InChI is InChI=1S/C15H22O2/c1-11(2)10-14(12(3)4)15(16)17-13-8-6-5-7-9-13/h5-9,11-12,14H,10H2,1-4H3. The van der Waals surface area contributed by atoms with Crippen LogP contribution in [0.2, 0.25) is 0 Å². The molecule has 0 amide bonds. The normalized spacial score (nSPS) is 12.8. The van der Waals surface area contributed by atoms with Crippen molar-refractivity contribution in [3.05, 3.63) is 30.3 Å². The van der Waals surface area contributed by atoms with E-state index in [4.69, 9.17) is 4.74 Å². The second-order valence-corrected chi connectivity index (χ2v) is 5.21. The zero-order valence-electron chi connectivity index (χ0n) is 11.1. The fraction of sp³-hybridized carbons (Fsp3) is 0.533. The number of rotatable bonds is 5. The molecule has 1 unspecified atom stereocenters. The molecule has 2 heteroatoms. The van der Waals surface area contributed by atoms with Gasteiger partial charge < -0.3 is 4.74 Å². The first-order valence-corrected chi connectivity index (χ1v) is 6.27. The van der Waals surface area contributed by atoms with Crippen molar-refractivity contribution in [1.82, 2.24) is 0 Å². The van der Waals surface area contributed by atoms with Crippen molar-refractivity contribution >= 4 is 5.97 Å². The largest absolute Gasteiger partial charge is 0.426 e. The van der Waals surface area contributed by atoms with Gasteiger partial charge in [-0.3, -0.25) is 4.79 Å². The molecule has 0 aliphatic rings. The van der Waals surface area contributed by atoms with Crippen molar-refractivity contribution in [1.29, 1.82) is 0 Å². The molecule has 17 heavy (non-hydrogen) atoms. The number of hydrogen-bond donors (Lipinski definition) is 0. The maximum Gasteiger partial charge on any atom is 0.314 e. The van der Waals surface area contributed by atoms with Gasteiger partial charge in [0.15, 0.2) is 0 Å². The minimum absolute atomic E-state index is 0.0183. The van der Waals surface area contributed by atoms with Gasteiger partial charge in [-0.25, -0.2) is 0 Å². The van der Waals surface area contributed by atoms with Crippen molar-refractivity contribution in [2.24, 2.45) is 17.8 Å². The summed E-state index contributed by atoms with van der Waals surface area (Å²) in [5.41, 5.74) is 0. The molecule has 1 aromatic carbocycles. The lowest BCUT2D eigenvalue weighted by Gasteiger charge is -2.20. The molecule has 94 valence electrons. The lowest BCUT2D eigenvalue weighted by Crippen LogP contribution is -2.26. The van der Waals surface area contributed by atoms with Crippen molar-refractivity contribution in [3.63, 3.8) is 0 Å². The van der Waals surface area contributed by atoms with Crippen LogP contribution in [0.3, 0.4) is 0 Å². The van der Waals surface area contributed by atoms with E-state index < -0.39 is 0 Å². The van der Waals surface area contributed by atoms with Crippen LogP contribution < -0.4 is 4.74 Å². The summed E-state index contributed by atoms with van der Waals surface area (Å²) in [5, 5.41) is 0. The van der Waals surface area contributed by atoms with E-state index in [9.17, 15) is 4.79 Å². The van der Waals surface area contributed by atoms with Crippen LogP contribution in [0, 0.1) is 17.8 Å². The summed E-state index contributed by atoms with van der Waals surface area (Å²) in [6.45, 7) is 8.40. The zero-order valence-corrected chi connectivity index (χ0v) is 11.1. The van der Waals surface area contributed by atoms with E-state index in [2.05, 4.69) is 27.7 Å². The van der Waals surface area contributed by atoms with Gasteiger partial charge in [0.05, 0.1) is 5.92 Å². The number of hydrogen-bond acceptors (Lipinski definition) is 2. The van der Waals surface area contributed by atoms with Crippen LogP contribution >= 0.6 is 0 Å². The highest BCUT2D eigenvalue weighted by atomic mass is 16.5. The van der Waals surface area contributed by atoms with Gasteiger partial charge in [0, 0.05) is 0 Å². The summed E-state index contributed by atoms with van der Waals surface area (Å²) in [5.74, 6) is 1.32. The van der Waals surface area contributed by atoms with Crippen molar-refractivity contribution in [2.45, 2.75) is 34.1 Å². The van der Waals surface area contributed by atoms with Gasteiger partial charge in [-0.1, -0.05) is 45.9 Å². The third-order valence-electron chi connectivity index (χ3n) is 2.79. The van der Waals surface area contributed by atoms with Crippen LogP contribution in [-0.4, -0.2) is 5.97 Å². The molecule has 1 aromatic rings. The fourth-order valence-corrected chi connectivity index (χ4v) is 1.83. The maximum absolute atomic E-state index is 12.1. The van der Waals surface area contributed by atoms with Crippen LogP contribution in [0.25, 0.3) is 0 Å². The summed E-state index contributed by atoms with van der Waals surface area (Å²) in [7, 11) is 0. The quantitative estimate of drug-likeness (QED) is 0.570. The number of para-hydroxylation sites is 1. The number of carbonyl (C=O) groups is 1. The third-order valence-corrected chi connectivity index (χ3v) is 2.79. The average molecular weight is 234 g/mol. The molecule has 0 spiro atoms. The molecule has 1 rings (SSSR count). The second kappa shape index (κ2) is 6.43. The van der Waals surface area contributed by atoms with Gasteiger partial charge in [-0.05, 0) is 30.4 Å². The Hall–Kier alpha value is -1.31. The lowest BCUT2D eigenvalue weighted by atomic mass is 9.88. The number of esters is 1. The van der Waals surface area contributed by atoms with E-state index in [1.807, 2.05) is 30.3 Å². The smallest absolute Gasteiger partial charge is 0.314 e.